The minimum Gasteiger partial charge on any atom is -0.497 e. The zero-order chi connectivity index (χ0) is 24.3. The molecule has 0 saturated carbocycles. The summed E-state index contributed by atoms with van der Waals surface area (Å²) in [5.41, 5.74) is 2.74. The van der Waals surface area contributed by atoms with Gasteiger partial charge in [0.05, 0.1) is 7.11 Å². The fourth-order valence-electron chi connectivity index (χ4n) is 4.85. The molecular weight excluding hydrogens is 430 g/mol. The second kappa shape index (κ2) is 9.84. The summed E-state index contributed by atoms with van der Waals surface area (Å²) in [7, 11) is 1.60. The normalized spacial score (nSPS) is 21.4. The molecule has 6 nitrogen and oxygen atoms in total. The van der Waals surface area contributed by atoms with Crippen LogP contribution in [0.4, 0.5) is 0 Å². The molecule has 1 heterocycles. The first-order chi connectivity index (χ1) is 16.3. The quantitative estimate of drug-likeness (QED) is 0.422. The zero-order valence-corrected chi connectivity index (χ0v) is 20.2. The lowest BCUT2D eigenvalue weighted by Gasteiger charge is -2.39. The number of hydrogen-bond donors (Lipinski definition) is 0. The van der Waals surface area contributed by atoms with Crippen molar-refractivity contribution in [3.63, 3.8) is 0 Å². The molecule has 34 heavy (non-hydrogen) atoms. The van der Waals surface area contributed by atoms with E-state index in [1.54, 1.807) is 7.11 Å². The number of hydrogen-bond acceptors (Lipinski definition) is 6. The first kappa shape index (κ1) is 23.7. The molecule has 2 aliphatic rings. The Morgan fingerprint density at radius 3 is 2.50 bits per heavy atom. The van der Waals surface area contributed by atoms with Crippen LogP contribution >= 0.6 is 0 Å². The summed E-state index contributed by atoms with van der Waals surface area (Å²) in [6.07, 6.45) is 1.12. The molecule has 2 aromatic carbocycles. The number of benzene rings is 2. The average Bonchev–Trinajstić information content (AvgIpc) is 2.80. The number of Topliss-reactive ketones (excluding diaryl/α,β-unsaturated/α-hetero) is 1. The van der Waals surface area contributed by atoms with Crippen molar-refractivity contribution in [3.05, 3.63) is 71.4 Å². The standard InChI is InChI=1S/C28H31NO5/c1-18-24(27(31)34-14-13-33-20-10-6-5-7-11-20)25(19-9-8-12-21(15-19)32-4)26-22(29-18)16-28(2,3)17-23(26)30/h5-12,15,24-25H,13-14,16-17H2,1-4H3/t24?,25-/m1/s1. The average molecular weight is 462 g/mol. The molecule has 1 aliphatic carbocycles. The highest BCUT2D eigenvalue weighted by Crippen LogP contribution is 2.48. The maximum absolute atomic E-state index is 13.3. The van der Waals surface area contributed by atoms with E-state index in [1.807, 2.05) is 61.5 Å². The Morgan fingerprint density at radius 2 is 1.76 bits per heavy atom. The molecule has 2 atom stereocenters. The van der Waals surface area contributed by atoms with Gasteiger partial charge in [0.2, 0.25) is 0 Å². The van der Waals surface area contributed by atoms with E-state index in [0.29, 0.717) is 35.6 Å². The monoisotopic (exact) mass is 461 g/mol. The molecule has 1 aliphatic heterocycles. The maximum atomic E-state index is 13.3. The predicted molar refractivity (Wildman–Crippen MR) is 130 cm³/mol. The second-order valence-electron chi connectivity index (χ2n) is 9.62. The molecule has 0 fully saturated rings. The van der Waals surface area contributed by atoms with Gasteiger partial charge in [-0.15, -0.1) is 0 Å². The molecule has 0 bridgehead atoms. The number of carbonyl (C=O) groups excluding carboxylic acids is 2. The highest BCUT2D eigenvalue weighted by atomic mass is 16.6. The number of nitrogens with zero attached hydrogens (tertiary/aromatic N) is 1. The van der Waals surface area contributed by atoms with E-state index < -0.39 is 17.8 Å². The Morgan fingerprint density at radius 1 is 1.03 bits per heavy atom. The molecule has 4 rings (SSSR count). The van der Waals surface area contributed by atoms with E-state index in [4.69, 9.17) is 19.2 Å². The van der Waals surface area contributed by atoms with Crippen LogP contribution in [0.3, 0.4) is 0 Å². The number of para-hydroxylation sites is 1. The van der Waals surface area contributed by atoms with Gasteiger partial charge in [-0.25, -0.2) is 0 Å². The molecule has 0 aromatic heterocycles. The van der Waals surface area contributed by atoms with Crippen molar-refractivity contribution in [2.24, 2.45) is 16.3 Å². The SMILES string of the molecule is COc1cccc([C@H]2C3=C(CC(C)(C)CC3=O)N=C(C)C2C(=O)OCCOc2ccccc2)c1. The highest BCUT2D eigenvalue weighted by Gasteiger charge is 2.46. The summed E-state index contributed by atoms with van der Waals surface area (Å²) in [5.74, 6) is -0.128. The lowest BCUT2D eigenvalue weighted by atomic mass is 9.67. The van der Waals surface area contributed by atoms with Gasteiger partial charge in [0.1, 0.15) is 30.6 Å². The molecule has 0 radical (unpaired) electrons. The van der Waals surface area contributed by atoms with E-state index in [9.17, 15) is 9.59 Å². The van der Waals surface area contributed by atoms with Crippen LogP contribution in [0.2, 0.25) is 0 Å². The van der Waals surface area contributed by atoms with Gasteiger partial charge in [-0.2, -0.15) is 0 Å². The van der Waals surface area contributed by atoms with E-state index >= 15 is 0 Å². The van der Waals surface area contributed by atoms with Crippen LogP contribution in [0, 0.1) is 11.3 Å². The van der Waals surface area contributed by atoms with Gasteiger partial charge >= 0.3 is 5.97 Å². The lowest BCUT2D eigenvalue weighted by Crippen LogP contribution is -2.39. The number of methoxy groups -OCH3 is 1. The Kier molecular flexibility index (Phi) is 6.87. The third-order valence-electron chi connectivity index (χ3n) is 6.35. The number of ketones is 1. The van der Waals surface area contributed by atoms with Gasteiger partial charge in [-0.1, -0.05) is 44.2 Å². The van der Waals surface area contributed by atoms with Gasteiger partial charge in [-0.05, 0) is 48.6 Å². The van der Waals surface area contributed by atoms with Crippen molar-refractivity contribution in [1.29, 1.82) is 0 Å². The van der Waals surface area contributed by atoms with Crippen molar-refractivity contribution in [2.45, 2.75) is 39.5 Å². The predicted octanol–water partition coefficient (Wildman–Crippen LogP) is 5.13. The topological polar surface area (TPSA) is 74.2 Å². The fraction of sp³-hybridized carbons (Fsp3) is 0.393. The van der Waals surface area contributed by atoms with Gasteiger partial charge in [-0.3, -0.25) is 14.6 Å². The van der Waals surface area contributed by atoms with Crippen LogP contribution in [0.25, 0.3) is 0 Å². The molecular formula is C28H31NO5. The fourth-order valence-corrected chi connectivity index (χ4v) is 4.85. The van der Waals surface area contributed by atoms with Crippen LogP contribution < -0.4 is 9.47 Å². The molecule has 1 unspecified atom stereocenters. The Bertz CT molecular complexity index is 1130. The van der Waals surface area contributed by atoms with E-state index in [1.165, 1.54) is 0 Å². The van der Waals surface area contributed by atoms with Crippen molar-refractivity contribution >= 4 is 17.5 Å². The number of carbonyl (C=O) groups is 2. The van der Waals surface area contributed by atoms with Gasteiger partial charge < -0.3 is 14.2 Å². The Balaban J connectivity index is 1.61. The summed E-state index contributed by atoms with van der Waals surface area (Å²) < 4.78 is 16.7. The van der Waals surface area contributed by atoms with Crippen LogP contribution in [0.5, 0.6) is 11.5 Å². The molecule has 0 saturated heterocycles. The number of rotatable bonds is 7. The van der Waals surface area contributed by atoms with Crippen LogP contribution in [-0.2, 0) is 14.3 Å². The summed E-state index contributed by atoms with van der Waals surface area (Å²) in [6.45, 7) is 6.34. The van der Waals surface area contributed by atoms with Crippen molar-refractivity contribution in [2.75, 3.05) is 20.3 Å². The number of allylic oxidation sites excluding steroid dienone is 2. The molecule has 178 valence electrons. The third-order valence-corrected chi connectivity index (χ3v) is 6.35. The van der Waals surface area contributed by atoms with E-state index in [2.05, 4.69) is 13.8 Å². The molecule has 0 spiro atoms. The summed E-state index contributed by atoms with van der Waals surface area (Å²) >= 11 is 0. The first-order valence-corrected chi connectivity index (χ1v) is 11.6. The Labute approximate surface area is 200 Å². The largest absolute Gasteiger partial charge is 0.497 e. The van der Waals surface area contributed by atoms with Gasteiger partial charge in [0.15, 0.2) is 5.78 Å². The smallest absolute Gasteiger partial charge is 0.315 e. The molecule has 2 aromatic rings. The van der Waals surface area contributed by atoms with Crippen molar-refractivity contribution in [3.8, 4) is 11.5 Å². The summed E-state index contributed by atoms with van der Waals surface area (Å²) in [5, 5.41) is 0. The van der Waals surface area contributed by atoms with E-state index in [-0.39, 0.29) is 24.4 Å². The van der Waals surface area contributed by atoms with E-state index in [0.717, 1.165) is 11.3 Å². The highest BCUT2D eigenvalue weighted by molar-refractivity contribution is 6.09. The summed E-state index contributed by atoms with van der Waals surface area (Å²) in [4.78, 5) is 31.4. The molecule has 6 heteroatoms. The van der Waals surface area contributed by atoms with Crippen LogP contribution in [0.1, 0.15) is 45.1 Å². The number of esters is 1. The number of aliphatic imine (C=N–C) groups is 1. The number of ether oxygens (including phenoxy) is 3. The van der Waals surface area contributed by atoms with Crippen LogP contribution in [-0.4, -0.2) is 37.8 Å². The first-order valence-electron chi connectivity index (χ1n) is 11.6. The van der Waals surface area contributed by atoms with Gasteiger partial charge in [0, 0.05) is 29.3 Å². The maximum Gasteiger partial charge on any atom is 0.315 e. The zero-order valence-electron chi connectivity index (χ0n) is 20.2. The molecule has 0 amide bonds. The summed E-state index contributed by atoms with van der Waals surface area (Å²) in [6, 6.07) is 16.9. The molecule has 0 N–H and O–H groups in total. The van der Waals surface area contributed by atoms with Crippen LogP contribution in [0.15, 0.2) is 70.9 Å². The minimum absolute atomic E-state index is 0.0422. The second-order valence-corrected chi connectivity index (χ2v) is 9.62. The Hall–Kier alpha value is -3.41. The van der Waals surface area contributed by atoms with Gasteiger partial charge in [0.25, 0.3) is 0 Å². The van der Waals surface area contributed by atoms with Crippen molar-refractivity contribution in [1.82, 2.24) is 0 Å². The third kappa shape index (κ3) is 5.06. The lowest BCUT2D eigenvalue weighted by molar-refractivity contribution is -0.147. The minimum atomic E-state index is -0.687. The van der Waals surface area contributed by atoms with Crippen molar-refractivity contribution < 1.29 is 23.8 Å².